The molecule has 1 aliphatic rings. The molecule has 5 nitrogen and oxygen atoms in total. The molecule has 110 valence electrons. The molecule has 1 atom stereocenters. The zero-order valence-corrected chi connectivity index (χ0v) is 14.0. The van der Waals surface area contributed by atoms with E-state index in [1.807, 2.05) is 6.92 Å². The SMILES string of the molecule is CC1CSCCN1S(=O)(=O)c1ccc(C(=O)O)cc1Br. The summed E-state index contributed by atoms with van der Waals surface area (Å²) >= 11 is 4.90. The van der Waals surface area contributed by atoms with E-state index in [0.29, 0.717) is 6.54 Å². The number of carboxylic acids is 1. The van der Waals surface area contributed by atoms with Crippen LogP contribution in [0, 0.1) is 0 Å². The Labute approximate surface area is 130 Å². The average Bonchev–Trinajstić information content (AvgIpc) is 2.38. The monoisotopic (exact) mass is 379 g/mol. The molecule has 0 amide bonds. The van der Waals surface area contributed by atoms with E-state index < -0.39 is 16.0 Å². The van der Waals surface area contributed by atoms with E-state index in [1.165, 1.54) is 22.5 Å². The van der Waals surface area contributed by atoms with Crippen molar-refractivity contribution >= 4 is 43.7 Å². The molecule has 1 fully saturated rings. The summed E-state index contributed by atoms with van der Waals surface area (Å²) in [5.74, 6) is 0.454. The molecule has 8 heteroatoms. The van der Waals surface area contributed by atoms with Crippen molar-refractivity contribution in [2.75, 3.05) is 18.1 Å². The fourth-order valence-electron chi connectivity index (χ4n) is 2.04. The largest absolute Gasteiger partial charge is 0.478 e. The summed E-state index contributed by atoms with van der Waals surface area (Å²) in [4.78, 5) is 11.0. The molecule has 0 aliphatic carbocycles. The minimum Gasteiger partial charge on any atom is -0.478 e. The van der Waals surface area contributed by atoms with Crippen LogP contribution in [0.2, 0.25) is 0 Å². The van der Waals surface area contributed by atoms with E-state index in [-0.39, 0.29) is 21.0 Å². The lowest BCUT2D eigenvalue weighted by Gasteiger charge is -2.32. The maximum Gasteiger partial charge on any atom is 0.335 e. The third-order valence-corrected chi connectivity index (χ3v) is 7.25. The summed E-state index contributed by atoms with van der Waals surface area (Å²) in [6.45, 7) is 2.35. The summed E-state index contributed by atoms with van der Waals surface area (Å²) in [5.41, 5.74) is 0.0538. The Hall–Kier alpha value is -0.570. The van der Waals surface area contributed by atoms with Crippen LogP contribution < -0.4 is 0 Å². The summed E-state index contributed by atoms with van der Waals surface area (Å²) in [7, 11) is -3.60. The number of rotatable bonds is 3. The van der Waals surface area contributed by atoms with Gasteiger partial charge in [0.15, 0.2) is 0 Å². The Bertz CT molecular complexity index is 632. The molecule has 1 unspecified atom stereocenters. The highest BCUT2D eigenvalue weighted by Gasteiger charge is 2.32. The van der Waals surface area contributed by atoms with E-state index in [2.05, 4.69) is 15.9 Å². The van der Waals surface area contributed by atoms with Crippen molar-refractivity contribution in [1.82, 2.24) is 4.31 Å². The van der Waals surface area contributed by atoms with E-state index in [0.717, 1.165) is 11.5 Å². The zero-order valence-electron chi connectivity index (χ0n) is 10.7. The fraction of sp³-hybridized carbons (Fsp3) is 0.417. The normalized spacial score (nSPS) is 20.8. The van der Waals surface area contributed by atoms with Crippen LogP contribution in [0.1, 0.15) is 17.3 Å². The molecule has 1 N–H and O–H groups in total. The van der Waals surface area contributed by atoms with E-state index in [1.54, 1.807) is 11.8 Å². The first kappa shape index (κ1) is 15.8. The van der Waals surface area contributed by atoms with Gasteiger partial charge in [0.05, 0.1) is 10.5 Å². The van der Waals surface area contributed by atoms with Gasteiger partial charge in [0.2, 0.25) is 10.0 Å². The highest BCUT2D eigenvalue weighted by molar-refractivity contribution is 9.10. The van der Waals surface area contributed by atoms with Crippen molar-refractivity contribution in [3.63, 3.8) is 0 Å². The second kappa shape index (κ2) is 6.05. The predicted octanol–water partition coefficient (Wildman–Crippen LogP) is 2.27. The van der Waals surface area contributed by atoms with Gasteiger partial charge in [-0.2, -0.15) is 16.1 Å². The van der Waals surface area contributed by atoms with Crippen LogP contribution in [-0.2, 0) is 10.0 Å². The van der Waals surface area contributed by atoms with Crippen LogP contribution >= 0.6 is 27.7 Å². The van der Waals surface area contributed by atoms with Gasteiger partial charge in [-0.25, -0.2) is 13.2 Å². The van der Waals surface area contributed by atoms with Crippen molar-refractivity contribution in [3.8, 4) is 0 Å². The number of aromatic carboxylic acids is 1. The van der Waals surface area contributed by atoms with Crippen LogP contribution in [0.15, 0.2) is 27.6 Å². The molecule has 0 spiro atoms. The number of hydrogen-bond acceptors (Lipinski definition) is 4. The molecular weight excluding hydrogens is 366 g/mol. The van der Waals surface area contributed by atoms with E-state index in [4.69, 9.17) is 5.11 Å². The molecule has 0 saturated carbocycles. The van der Waals surface area contributed by atoms with Crippen LogP contribution in [-0.4, -0.2) is 47.9 Å². The highest BCUT2D eigenvalue weighted by atomic mass is 79.9. The summed E-state index contributed by atoms with van der Waals surface area (Å²) < 4.78 is 27.0. The highest BCUT2D eigenvalue weighted by Crippen LogP contribution is 2.29. The van der Waals surface area contributed by atoms with Gasteiger partial charge < -0.3 is 5.11 Å². The van der Waals surface area contributed by atoms with Gasteiger partial charge in [-0.3, -0.25) is 0 Å². The molecule has 1 aliphatic heterocycles. The number of thioether (sulfide) groups is 1. The molecule has 1 aromatic carbocycles. The molecule has 0 aromatic heterocycles. The lowest BCUT2D eigenvalue weighted by molar-refractivity contribution is 0.0696. The van der Waals surface area contributed by atoms with Crippen molar-refractivity contribution in [1.29, 1.82) is 0 Å². The van der Waals surface area contributed by atoms with E-state index >= 15 is 0 Å². The molecular formula is C12H14BrNO4S2. The van der Waals surface area contributed by atoms with Gasteiger partial charge in [0, 0.05) is 28.6 Å². The predicted molar refractivity (Wildman–Crippen MR) is 81.8 cm³/mol. The maximum atomic E-state index is 12.6. The second-order valence-electron chi connectivity index (χ2n) is 4.49. The summed E-state index contributed by atoms with van der Waals surface area (Å²) in [6.07, 6.45) is 0. The quantitative estimate of drug-likeness (QED) is 0.871. The van der Waals surface area contributed by atoms with Crippen LogP contribution in [0.25, 0.3) is 0 Å². The molecule has 1 heterocycles. The van der Waals surface area contributed by atoms with Gasteiger partial charge in [-0.1, -0.05) is 0 Å². The number of hydrogen-bond donors (Lipinski definition) is 1. The number of halogens is 1. The van der Waals surface area contributed by atoms with Crippen LogP contribution in [0.5, 0.6) is 0 Å². The topological polar surface area (TPSA) is 74.7 Å². The number of benzene rings is 1. The lowest BCUT2D eigenvalue weighted by Crippen LogP contribution is -2.44. The zero-order chi connectivity index (χ0) is 14.9. The van der Waals surface area contributed by atoms with Gasteiger partial charge in [-0.05, 0) is 41.1 Å². The van der Waals surface area contributed by atoms with Crippen LogP contribution in [0.4, 0.5) is 0 Å². The van der Waals surface area contributed by atoms with Gasteiger partial charge in [-0.15, -0.1) is 0 Å². The molecule has 20 heavy (non-hydrogen) atoms. The third-order valence-electron chi connectivity index (χ3n) is 3.07. The van der Waals surface area contributed by atoms with E-state index in [9.17, 15) is 13.2 Å². The van der Waals surface area contributed by atoms with Gasteiger partial charge in [0.25, 0.3) is 0 Å². The lowest BCUT2D eigenvalue weighted by atomic mass is 10.2. The average molecular weight is 380 g/mol. The number of carbonyl (C=O) groups is 1. The number of carboxylic acid groups (broad SMARTS) is 1. The van der Waals surface area contributed by atoms with Crippen LogP contribution in [0.3, 0.4) is 0 Å². The van der Waals surface area contributed by atoms with Gasteiger partial charge >= 0.3 is 5.97 Å². The molecule has 2 rings (SSSR count). The number of nitrogens with zero attached hydrogens (tertiary/aromatic N) is 1. The minimum atomic E-state index is -3.60. The number of sulfonamides is 1. The van der Waals surface area contributed by atoms with Crippen molar-refractivity contribution in [2.24, 2.45) is 0 Å². The molecule has 1 saturated heterocycles. The second-order valence-corrected chi connectivity index (χ2v) is 8.35. The van der Waals surface area contributed by atoms with Gasteiger partial charge in [0.1, 0.15) is 0 Å². The fourth-order valence-corrected chi connectivity index (χ4v) is 5.93. The Balaban J connectivity index is 2.41. The standard InChI is InChI=1S/C12H14BrNO4S2/c1-8-7-19-5-4-14(8)20(17,18)11-3-2-9(12(15)16)6-10(11)13/h2-3,6,8H,4-5,7H2,1H3,(H,15,16). The summed E-state index contributed by atoms with van der Waals surface area (Å²) in [6, 6.07) is 3.91. The molecule has 1 aromatic rings. The molecule has 0 radical (unpaired) electrons. The van der Waals surface area contributed by atoms with Crippen molar-refractivity contribution in [3.05, 3.63) is 28.2 Å². The Morgan fingerprint density at radius 1 is 1.50 bits per heavy atom. The first-order chi connectivity index (χ1) is 9.34. The third kappa shape index (κ3) is 3.03. The van der Waals surface area contributed by atoms with Crippen molar-refractivity contribution < 1.29 is 18.3 Å². The maximum absolute atomic E-state index is 12.6. The van der Waals surface area contributed by atoms with Crippen molar-refractivity contribution in [2.45, 2.75) is 17.9 Å². The first-order valence-electron chi connectivity index (χ1n) is 5.96. The minimum absolute atomic E-state index is 0.0538. The Kier molecular flexibility index (Phi) is 4.78. The smallest absolute Gasteiger partial charge is 0.335 e. The Morgan fingerprint density at radius 2 is 2.20 bits per heavy atom. The Morgan fingerprint density at radius 3 is 2.75 bits per heavy atom. The summed E-state index contributed by atoms with van der Waals surface area (Å²) in [5, 5.41) is 8.91. The molecule has 0 bridgehead atoms. The first-order valence-corrected chi connectivity index (χ1v) is 9.35.